The van der Waals surface area contributed by atoms with E-state index in [2.05, 4.69) is 5.32 Å². The van der Waals surface area contributed by atoms with Crippen molar-refractivity contribution in [2.45, 2.75) is 25.7 Å². The number of nitrogens with one attached hydrogen (secondary N) is 1. The van der Waals surface area contributed by atoms with E-state index >= 15 is 0 Å². The monoisotopic (exact) mass is 308 g/mol. The molecule has 0 radical (unpaired) electrons. The Morgan fingerprint density at radius 1 is 1.19 bits per heavy atom. The van der Waals surface area contributed by atoms with Crippen LogP contribution in [0.4, 0.5) is 5.69 Å². The summed E-state index contributed by atoms with van der Waals surface area (Å²) in [5.41, 5.74) is 1.28. The number of anilines is 1. The second-order valence-electron chi connectivity index (χ2n) is 4.81. The quantitative estimate of drug-likeness (QED) is 0.906. The van der Waals surface area contributed by atoms with Gasteiger partial charge < -0.3 is 9.73 Å². The van der Waals surface area contributed by atoms with Crippen molar-refractivity contribution < 1.29 is 17.6 Å². The third-order valence-electron chi connectivity index (χ3n) is 3.04. The molecule has 0 spiro atoms. The summed E-state index contributed by atoms with van der Waals surface area (Å²) >= 11 is 0. The number of rotatable bonds is 3. The van der Waals surface area contributed by atoms with E-state index in [1.807, 2.05) is 0 Å². The molecule has 3 N–H and O–H groups in total. The van der Waals surface area contributed by atoms with E-state index < -0.39 is 10.0 Å². The number of amides is 1. The van der Waals surface area contributed by atoms with Crippen molar-refractivity contribution in [3.05, 3.63) is 46.9 Å². The lowest BCUT2D eigenvalue weighted by molar-refractivity contribution is 0.102. The Morgan fingerprint density at radius 3 is 2.38 bits per heavy atom. The van der Waals surface area contributed by atoms with Crippen LogP contribution in [0.3, 0.4) is 0 Å². The maximum Gasteiger partial charge on any atom is 0.259 e. The van der Waals surface area contributed by atoms with Crippen molar-refractivity contribution in [2.24, 2.45) is 5.14 Å². The first-order valence-corrected chi connectivity index (χ1v) is 7.75. The van der Waals surface area contributed by atoms with Gasteiger partial charge in [-0.2, -0.15) is 0 Å². The molecule has 0 bridgehead atoms. The normalized spacial score (nSPS) is 11.4. The molecular formula is C14H16N2O4S. The van der Waals surface area contributed by atoms with Crippen molar-refractivity contribution in [3.8, 4) is 0 Å². The lowest BCUT2D eigenvalue weighted by Gasteiger charge is -2.08. The summed E-state index contributed by atoms with van der Waals surface area (Å²) in [6.45, 7) is 5.07. The Bertz CT molecular complexity index is 806. The summed E-state index contributed by atoms with van der Waals surface area (Å²) in [4.78, 5) is 12.1. The van der Waals surface area contributed by atoms with Crippen LogP contribution in [0.5, 0.6) is 0 Å². The minimum absolute atomic E-state index is 0.0135. The lowest BCUT2D eigenvalue weighted by atomic mass is 10.2. The number of aryl methyl sites for hydroxylation is 3. The molecule has 1 aromatic carbocycles. The first-order valence-electron chi connectivity index (χ1n) is 6.20. The summed E-state index contributed by atoms with van der Waals surface area (Å²) in [5, 5.41) is 7.77. The Labute approximate surface area is 123 Å². The molecule has 0 unspecified atom stereocenters. The second kappa shape index (κ2) is 5.34. The number of benzene rings is 1. The van der Waals surface area contributed by atoms with Crippen molar-refractivity contribution >= 4 is 21.6 Å². The summed E-state index contributed by atoms with van der Waals surface area (Å²) < 4.78 is 28.2. The summed E-state index contributed by atoms with van der Waals surface area (Å²) in [5.74, 6) is 0.768. The van der Waals surface area contributed by atoms with E-state index in [9.17, 15) is 13.2 Å². The van der Waals surface area contributed by atoms with Gasteiger partial charge in [0.1, 0.15) is 11.5 Å². The van der Waals surface area contributed by atoms with Gasteiger partial charge in [-0.15, -0.1) is 0 Å². The molecule has 1 heterocycles. The zero-order chi connectivity index (χ0) is 15.8. The zero-order valence-electron chi connectivity index (χ0n) is 11.9. The molecule has 0 atom stereocenters. The molecule has 1 aromatic heterocycles. The van der Waals surface area contributed by atoms with Crippen LogP contribution in [0.2, 0.25) is 0 Å². The number of primary sulfonamides is 1. The molecule has 0 fully saturated rings. The molecule has 0 aliphatic carbocycles. The Morgan fingerprint density at radius 2 is 1.86 bits per heavy atom. The van der Waals surface area contributed by atoms with Crippen LogP contribution in [-0.4, -0.2) is 14.3 Å². The van der Waals surface area contributed by atoms with E-state index in [0.717, 1.165) is 0 Å². The van der Waals surface area contributed by atoms with Gasteiger partial charge in [0.05, 0.1) is 10.5 Å². The van der Waals surface area contributed by atoms with Crippen molar-refractivity contribution in [3.63, 3.8) is 0 Å². The van der Waals surface area contributed by atoms with Gasteiger partial charge in [0, 0.05) is 5.69 Å². The number of hydrogen-bond acceptors (Lipinski definition) is 4. The maximum absolute atomic E-state index is 12.1. The van der Waals surface area contributed by atoms with Crippen LogP contribution >= 0.6 is 0 Å². The molecule has 0 aliphatic heterocycles. The molecule has 7 heteroatoms. The van der Waals surface area contributed by atoms with Crippen LogP contribution in [0.25, 0.3) is 0 Å². The zero-order valence-corrected chi connectivity index (χ0v) is 12.7. The molecular weight excluding hydrogens is 292 g/mol. The smallest absolute Gasteiger partial charge is 0.259 e. The van der Waals surface area contributed by atoms with Gasteiger partial charge in [0.15, 0.2) is 0 Å². The van der Waals surface area contributed by atoms with Gasteiger partial charge in [-0.05, 0) is 44.5 Å². The third-order valence-corrected chi connectivity index (χ3v) is 4.09. The van der Waals surface area contributed by atoms with Gasteiger partial charge in [0.25, 0.3) is 5.91 Å². The molecule has 2 rings (SSSR count). The van der Waals surface area contributed by atoms with Crippen LogP contribution in [0.1, 0.15) is 27.4 Å². The molecule has 112 valence electrons. The molecule has 0 saturated heterocycles. The molecule has 21 heavy (non-hydrogen) atoms. The average Bonchev–Trinajstić information content (AvgIpc) is 2.69. The van der Waals surface area contributed by atoms with Crippen molar-refractivity contribution in [1.82, 2.24) is 0 Å². The van der Waals surface area contributed by atoms with E-state index in [1.165, 1.54) is 6.07 Å². The molecule has 1 amide bonds. The average molecular weight is 308 g/mol. The van der Waals surface area contributed by atoms with E-state index in [0.29, 0.717) is 28.3 Å². The number of carbonyl (C=O) groups is 1. The fourth-order valence-electron chi connectivity index (χ4n) is 2.04. The number of furan rings is 1. The van der Waals surface area contributed by atoms with Crippen LogP contribution in [0, 0.1) is 20.8 Å². The van der Waals surface area contributed by atoms with Crippen molar-refractivity contribution in [2.75, 3.05) is 5.32 Å². The Kier molecular flexibility index (Phi) is 3.89. The predicted molar refractivity (Wildman–Crippen MR) is 78.7 cm³/mol. The Balaban J connectivity index is 2.32. The highest BCUT2D eigenvalue weighted by molar-refractivity contribution is 7.89. The van der Waals surface area contributed by atoms with Crippen LogP contribution in [0.15, 0.2) is 33.6 Å². The highest BCUT2D eigenvalue weighted by atomic mass is 32.2. The highest BCUT2D eigenvalue weighted by Crippen LogP contribution is 2.21. The van der Waals surface area contributed by atoms with E-state index in [-0.39, 0.29) is 10.8 Å². The molecule has 0 saturated carbocycles. The molecule has 6 nitrogen and oxygen atoms in total. The second-order valence-corrected chi connectivity index (χ2v) is 6.34. The largest absolute Gasteiger partial charge is 0.466 e. The summed E-state index contributed by atoms with van der Waals surface area (Å²) in [7, 11) is -3.83. The fraction of sp³-hybridized carbons (Fsp3) is 0.214. The maximum atomic E-state index is 12.1. The third kappa shape index (κ3) is 3.32. The summed E-state index contributed by atoms with van der Waals surface area (Å²) in [6.07, 6.45) is 0. The molecule has 2 aromatic rings. The van der Waals surface area contributed by atoms with Crippen molar-refractivity contribution in [1.29, 1.82) is 0 Å². The SMILES string of the molecule is Cc1cc(C(=O)Nc2ccc(C)c(S(N)(=O)=O)c2)c(C)o1. The first-order chi connectivity index (χ1) is 9.68. The summed E-state index contributed by atoms with van der Waals surface area (Å²) in [6, 6.07) is 6.16. The molecule has 0 aliphatic rings. The van der Waals surface area contributed by atoms with Gasteiger partial charge in [-0.1, -0.05) is 6.07 Å². The first kappa shape index (κ1) is 15.3. The predicted octanol–water partition coefficient (Wildman–Crippen LogP) is 2.10. The topological polar surface area (TPSA) is 102 Å². The van der Waals surface area contributed by atoms with Crippen LogP contribution in [-0.2, 0) is 10.0 Å². The fourth-order valence-corrected chi connectivity index (χ4v) is 2.85. The van der Waals surface area contributed by atoms with Gasteiger partial charge in [-0.25, -0.2) is 13.6 Å². The number of sulfonamides is 1. The standard InChI is InChI=1S/C14H16N2O4S/c1-8-4-5-11(7-13(8)21(15,18)19)16-14(17)12-6-9(2)20-10(12)3/h4-7H,1-3H3,(H,16,17)(H2,15,18,19). The van der Waals surface area contributed by atoms with E-state index in [4.69, 9.17) is 9.56 Å². The van der Waals surface area contributed by atoms with Gasteiger partial charge in [0.2, 0.25) is 10.0 Å². The lowest BCUT2D eigenvalue weighted by Crippen LogP contribution is -2.16. The number of hydrogen-bond donors (Lipinski definition) is 2. The minimum atomic E-state index is -3.83. The van der Waals surface area contributed by atoms with Gasteiger partial charge in [-0.3, -0.25) is 4.79 Å². The number of carbonyl (C=O) groups excluding carboxylic acids is 1. The highest BCUT2D eigenvalue weighted by Gasteiger charge is 2.16. The van der Waals surface area contributed by atoms with Crippen LogP contribution < -0.4 is 10.5 Å². The minimum Gasteiger partial charge on any atom is -0.466 e. The van der Waals surface area contributed by atoms with E-state index in [1.54, 1.807) is 39.0 Å². The number of nitrogens with two attached hydrogens (primary N) is 1. The Hall–Kier alpha value is -2.12. The van der Waals surface area contributed by atoms with Gasteiger partial charge >= 0.3 is 0 Å².